The number of aromatic nitrogens is 7. The van der Waals surface area contributed by atoms with Crippen LogP contribution in [0.4, 0.5) is 0 Å². The molecular weight excluding hydrogens is 442 g/mol. The third-order valence-electron chi connectivity index (χ3n) is 5.39. The summed E-state index contributed by atoms with van der Waals surface area (Å²) in [6.45, 7) is 12.8. The Balaban J connectivity index is 0.000000255. The summed E-state index contributed by atoms with van der Waals surface area (Å²) in [4.78, 5) is 37.6. The van der Waals surface area contributed by atoms with Crippen LogP contribution in [-0.4, -0.2) is 44.9 Å². The summed E-state index contributed by atoms with van der Waals surface area (Å²) in [5.41, 5.74) is 0.956. The molecule has 0 saturated carbocycles. The predicted octanol–water partition coefficient (Wildman–Crippen LogP) is 1.29. The summed E-state index contributed by atoms with van der Waals surface area (Å²) in [7, 11) is 3.33. The fraction of sp³-hybridized carbons (Fsp3) is 0.636. The molecule has 0 amide bonds. The summed E-state index contributed by atoms with van der Waals surface area (Å²) >= 11 is 0. The van der Waals surface area contributed by atoms with Gasteiger partial charge in [0.2, 0.25) is 0 Å². The van der Waals surface area contributed by atoms with Crippen LogP contribution in [0.3, 0.4) is 0 Å². The molecule has 1 unspecified atom stereocenters. The van der Waals surface area contributed by atoms with E-state index in [1.165, 1.54) is 31.2 Å². The molecule has 0 aliphatic carbocycles. The fourth-order valence-electron chi connectivity index (χ4n) is 2.82. The van der Waals surface area contributed by atoms with Gasteiger partial charge in [-0.1, -0.05) is 13.8 Å². The first-order valence-electron chi connectivity index (χ1n) is 11.2. The zero-order valence-electron chi connectivity index (χ0n) is 21.5. The Labute approximate surface area is 198 Å². The van der Waals surface area contributed by atoms with Crippen molar-refractivity contribution in [2.75, 3.05) is 0 Å². The van der Waals surface area contributed by atoms with Gasteiger partial charge in [-0.05, 0) is 40.5 Å². The summed E-state index contributed by atoms with van der Waals surface area (Å²) in [6.07, 6.45) is 4.01. The van der Waals surface area contributed by atoms with Crippen LogP contribution >= 0.6 is 0 Å². The van der Waals surface area contributed by atoms with Crippen molar-refractivity contribution in [2.45, 2.75) is 79.5 Å². The van der Waals surface area contributed by atoms with Crippen molar-refractivity contribution in [3.63, 3.8) is 0 Å². The maximum absolute atomic E-state index is 11.3. The number of aryl methyl sites for hydroxylation is 4. The second-order valence-electron chi connectivity index (χ2n) is 8.11. The molecule has 3 aromatic rings. The molecule has 0 bridgehead atoms. The lowest BCUT2D eigenvalue weighted by molar-refractivity contribution is 0.130. The van der Waals surface area contributed by atoms with Crippen LogP contribution in [0.1, 0.15) is 70.3 Å². The van der Waals surface area contributed by atoms with Crippen molar-refractivity contribution in [1.82, 2.24) is 33.7 Å². The second kappa shape index (κ2) is 12.8. The van der Waals surface area contributed by atoms with Crippen LogP contribution in [0.15, 0.2) is 31.5 Å². The number of aliphatic hydroxyl groups is 1. The molecule has 0 spiro atoms. The van der Waals surface area contributed by atoms with E-state index in [1.54, 1.807) is 34.9 Å². The highest BCUT2D eigenvalue weighted by Crippen LogP contribution is 2.05. The molecule has 12 nitrogen and oxygen atoms in total. The summed E-state index contributed by atoms with van der Waals surface area (Å²) in [5.74, 6) is 0.435. The second-order valence-corrected chi connectivity index (χ2v) is 8.11. The Morgan fingerprint density at radius 1 is 0.941 bits per heavy atom. The lowest BCUT2D eigenvalue weighted by atomic mass is 10.2. The molecule has 3 rings (SSSR count). The Kier molecular flexibility index (Phi) is 10.8. The Hall–Kier alpha value is -3.28. The van der Waals surface area contributed by atoms with Gasteiger partial charge in [0.05, 0.1) is 29.4 Å². The zero-order chi connectivity index (χ0) is 26.2. The number of rotatable bonds is 5. The van der Waals surface area contributed by atoms with Gasteiger partial charge in [0.1, 0.15) is 12.7 Å². The summed E-state index contributed by atoms with van der Waals surface area (Å²) in [6, 6.07) is -0.0811. The van der Waals surface area contributed by atoms with Crippen molar-refractivity contribution in [2.24, 2.45) is 14.1 Å². The normalized spacial score (nSPS) is 13.2. The largest absolute Gasteiger partial charge is 0.408 e. The van der Waals surface area contributed by atoms with Crippen LogP contribution in [0, 0.1) is 13.8 Å². The first-order valence-corrected chi connectivity index (χ1v) is 11.2. The number of nitrogens with zero attached hydrogens (tertiary/aromatic N) is 7. The third kappa shape index (κ3) is 7.37. The van der Waals surface area contributed by atoms with Crippen molar-refractivity contribution in [3.8, 4) is 0 Å². The van der Waals surface area contributed by atoms with Crippen LogP contribution in [0.5, 0.6) is 0 Å². The van der Waals surface area contributed by atoms with E-state index in [-0.39, 0.29) is 29.1 Å². The quantitative estimate of drug-likeness (QED) is 0.577. The zero-order valence-corrected chi connectivity index (χ0v) is 21.5. The number of aliphatic hydroxyl groups excluding tert-OH is 1. The molecule has 34 heavy (non-hydrogen) atoms. The molecule has 3 atom stereocenters. The van der Waals surface area contributed by atoms with Gasteiger partial charge in [0.25, 0.3) is 0 Å². The van der Waals surface area contributed by atoms with E-state index in [9.17, 15) is 19.5 Å². The molecular formula is C22H37N7O5. The van der Waals surface area contributed by atoms with Crippen molar-refractivity contribution in [3.05, 3.63) is 61.2 Å². The maximum atomic E-state index is 11.3. The van der Waals surface area contributed by atoms with E-state index in [0.717, 1.165) is 12.1 Å². The van der Waals surface area contributed by atoms with Gasteiger partial charge in [-0.25, -0.2) is 28.7 Å². The molecule has 190 valence electrons. The van der Waals surface area contributed by atoms with Gasteiger partial charge in [-0.2, -0.15) is 10.2 Å². The smallest absolute Gasteiger partial charge is 0.345 e. The van der Waals surface area contributed by atoms with Gasteiger partial charge in [-0.3, -0.25) is 9.13 Å². The van der Waals surface area contributed by atoms with Gasteiger partial charge < -0.3 is 9.52 Å². The molecule has 0 radical (unpaired) electrons. The predicted molar refractivity (Wildman–Crippen MR) is 128 cm³/mol. The van der Waals surface area contributed by atoms with Crippen molar-refractivity contribution < 1.29 is 9.52 Å². The highest BCUT2D eigenvalue weighted by molar-refractivity contribution is 5.13. The summed E-state index contributed by atoms with van der Waals surface area (Å²) < 4.78 is 10.4. The lowest BCUT2D eigenvalue weighted by Crippen LogP contribution is -2.30. The minimum atomic E-state index is -0.572. The molecule has 0 fully saturated rings. The molecule has 12 heteroatoms. The Morgan fingerprint density at radius 2 is 1.44 bits per heavy atom. The first-order chi connectivity index (χ1) is 15.8. The molecule has 3 aromatic heterocycles. The van der Waals surface area contributed by atoms with Gasteiger partial charge in [-0.15, -0.1) is 0 Å². The SMILES string of the molecule is CCC(C)n1ncn(C)c1=O.CCc1c(C)nc(C)oc1=O.C[C@@H](O)[C@H](C)n1ncn(C)c1=O. The van der Waals surface area contributed by atoms with Crippen LogP contribution in [0.25, 0.3) is 0 Å². The van der Waals surface area contributed by atoms with Crippen LogP contribution in [-0.2, 0) is 20.5 Å². The molecule has 0 aromatic carbocycles. The van der Waals surface area contributed by atoms with E-state index in [4.69, 9.17) is 4.42 Å². The highest BCUT2D eigenvalue weighted by atomic mass is 16.4. The van der Waals surface area contributed by atoms with Crippen molar-refractivity contribution in [1.29, 1.82) is 0 Å². The topological polar surface area (TPSA) is 143 Å². The van der Waals surface area contributed by atoms with Gasteiger partial charge in [0.15, 0.2) is 5.89 Å². The molecule has 0 aliphatic heterocycles. The molecule has 0 aliphatic rings. The average molecular weight is 480 g/mol. The van der Waals surface area contributed by atoms with E-state index < -0.39 is 6.10 Å². The molecule has 1 N–H and O–H groups in total. The maximum Gasteiger partial charge on any atom is 0.345 e. The average Bonchev–Trinajstić information content (AvgIpc) is 3.28. The van der Waals surface area contributed by atoms with E-state index in [1.807, 2.05) is 27.7 Å². The summed E-state index contributed by atoms with van der Waals surface area (Å²) in [5, 5.41) is 17.0. The Morgan fingerprint density at radius 3 is 1.79 bits per heavy atom. The lowest BCUT2D eigenvalue weighted by Gasteiger charge is -2.12. The van der Waals surface area contributed by atoms with E-state index in [0.29, 0.717) is 17.9 Å². The minimum absolute atomic E-state index is 0.0423. The van der Waals surface area contributed by atoms with E-state index in [2.05, 4.69) is 15.2 Å². The first kappa shape index (κ1) is 28.8. The minimum Gasteiger partial charge on any atom is -0.408 e. The fourth-order valence-corrected chi connectivity index (χ4v) is 2.82. The Bertz CT molecular complexity index is 1220. The van der Waals surface area contributed by atoms with Crippen LogP contribution in [0.2, 0.25) is 0 Å². The van der Waals surface area contributed by atoms with Crippen LogP contribution < -0.4 is 17.0 Å². The van der Waals surface area contributed by atoms with Gasteiger partial charge in [0, 0.05) is 21.0 Å². The monoisotopic (exact) mass is 479 g/mol. The van der Waals surface area contributed by atoms with Crippen molar-refractivity contribution >= 4 is 0 Å². The standard InChI is InChI=1S/C8H11NO2.C7H13N3O2.C7H13N3O/c1-4-7-5(2)9-6(3)11-8(7)10;1-5(6(2)11)10-7(12)9(3)4-8-10;1-4-6(2)10-7(11)9(3)5-8-10/h4H2,1-3H3;4-6,11H,1-3H3;5-6H,4H2,1-3H3/t;5-,6+;/m.0./s1. The third-order valence-corrected chi connectivity index (χ3v) is 5.39. The number of hydrogen-bond acceptors (Lipinski definition) is 8. The molecule has 3 heterocycles. The van der Waals surface area contributed by atoms with Gasteiger partial charge >= 0.3 is 17.0 Å². The highest BCUT2D eigenvalue weighted by Gasteiger charge is 2.14. The number of hydrogen-bond donors (Lipinski definition) is 1. The molecule has 0 saturated heterocycles. The van der Waals surface area contributed by atoms with E-state index >= 15 is 0 Å².